The van der Waals surface area contributed by atoms with Gasteiger partial charge < -0.3 is 14.2 Å². The lowest BCUT2D eigenvalue weighted by Crippen LogP contribution is -2.16. The van der Waals surface area contributed by atoms with E-state index in [1.807, 2.05) is 13.8 Å². The van der Waals surface area contributed by atoms with Crippen LogP contribution in [0, 0.1) is 11.8 Å². The summed E-state index contributed by atoms with van der Waals surface area (Å²) in [5, 5.41) is 0. The number of esters is 2. The first kappa shape index (κ1) is 25.1. The van der Waals surface area contributed by atoms with Crippen molar-refractivity contribution in [2.24, 2.45) is 11.8 Å². The van der Waals surface area contributed by atoms with Crippen LogP contribution in [0.3, 0.4) is 0 Å². The predicted octanol–water partition coefficient (Wildman–Crippen LogP) is 5.06. The molecule has 6 nitrogen and oxygen atoms in total. The van der Waals surface area contributed by atoms with Crippen molar-refractivity contribution in [3.63, 3.8) is 0 Å². The molecule has 1 heterocycles. The molecule has 0 spiro atoms. The normalized spacial score (nSPS) is 12.0. The molecule has 0 bridgehead atoms. The number of carbonyl (C=O) groups excluding carboxylic acids is 2. The fourth-order valence-electron chi connectivity index (χ4n) is 2.95. The summed E-state index contributed by atoms with van der Waals surface area (Å²) in [7, 11) is 1.71. The van der Waals surface area contributed by atoms with Crippen LogP contribution in [0.25, 0.3) is 0 Å². The Kier molecular flexibility index (Phi) is 12.9. The Morgan fingerprint density at radius 1 is 0.931 bits per heavy atom. The molecule has 1 unspecified atom stereocenters. The van der Waals surface area contributed by atoms with E-state index < -0.39 is 11.9 Å². The van der Waals surface area contributed by atoms with E-state index in [1.54, 1.807) is 19.2 Å². The van der Waals surface area contributed by atoms with Gasteiger partial charge in [0.1, 0.15) is 11.4 Å². The Labute approximate surface area is 175 Å². The SMILES string of the molecule is CCCCCCC(CCOC)CCOC(=O)c1cccc(C(=O)OCC(C)C)n1. The molecule has 0 fully saturated rings. The van der Waals surface area contributed by atoms with Crippen LogP contribution in [0.1, 0.15) is 86.7 Å². The maximum absolute atomic E-state index is 12.3. The number of unbranched alkanes of at least 4 members (excludes halogenated alkanes) is 3. The second-order valence-electron chi connectivity index (χ2n) is 7.82. The Balaban J connectivity index is 2.50. The number of pyridine rings is 1. The van der Waals surface area contributed by atoms with Gasteiger partial charge in [0.25, 0.3) is 0 Å². The van der Waals surface area contributed by atoms with Crippen LogP contribution in [0.15, 0.2) is 18.2 Å². The second-order valence-corrected chi connectivity index (χ2v) is 7.82. The quantitative estimate of drug-likeness (QED) is 0.299. The van der Waals surface area contributed by atoms with Crippen LogP contribution in [-0.2, 0) is 14.2 Å². The van der Waals surface area contributed by atoms with Gasteiger partial charge in [-0.25, -0.2) is 14.6 Å². The van der Waals surface area contributed by atoms with Gasteiger partial charge in [-0.05, 0) is 36.8 Å². The first-order valence-corrected chi connectivity index (χ1v) is 10.8. The summed E-state index contributed by atoms with van der Waals surface area (Å²) >= 11 is 0. The van der Waals surface area contributed by atoms with E-state index in [2.05, 4.69) is 11.9 Å². The molecule has 0 aromatic carbocycles. The van der Waals surface area contributed by atoms with E-state index >= 15 is 0 Å². The summed E-state index contributed by atoms with van der Waals surface area (Å²) in [5.41, 5.74) is 0.245. The molecule has 0 aliphatic carbocycles. The fraction of sp³-hybridized carbons (Fsp3) is 0.696. The highest BCUT2D eigenvalue weighted by molar-refractivity contribution is 5.91. The third-order valence-electron chi connectivity index (χ3n) is 4.67. The monoisotopic (exact) mass is 407 g/mol. The lowest BCUT2D eigenvalue weighted by Gasteiger charge is -2.16. The van der Waals surface area contributed by atoms with Gasteiger partial charge in [0, 0.05) is 13.7 Å². The minimum Gasteiger partial charge on any atom is -0.461 e. The number of ether oxygens (including phenoxy) is 3. The van der Waals surface area contributed by atoms with Crippen LogP contribution in [0.4, 0.5) is 0 Å². The first-order valence-electron chi connectivity index (χ1n) is 10.8. The van der Waals surface area contributed by atoms with Crippen LogP contribution in [0.2, 0.25) is 0 Å². The zero-order valence-corrected chi connectivity index (χ0v) is 18.4. The highest BCUT2D eigenvalue weighted by Crippen LogP contribution is 2.18. The topological polar surface area (TPSA) is 74.7 Å². The lowest BCUT2D eigenvalue weighted by atomic mass is 9.95. The van der Waals surface area contributed by atoms with Crippen molar-refractivity contribution >= 4 is 11.9 Å². The first-order chi connectivity index (χ1) is 14.0. The van der Waals surface area contributed by atoms with Gasteiger partial charge in [-0.15, -0.1) is 0 Å². The predicted molar refractivity (Wildman–Crippen MR) is 113 cm³/mol. The Bertz CT molecular complexity index is 603. The van der Waals surface area contributed by atoms with Crippen LogP contribution < -0.4 is 0 Å². The Morgan fingerprint density at radius 2 is 1.59 bits per heavy atom. The van der Waals surface area contributed by atoms with Crippen molar-refractivity contribution in [3.05, 3.63) is 29.6 Å². The molecule has 164 valence electrons. The number of rotatable bonds is 15. The molecule has 0 N–H and O–H groups in total. The maximum Gasteiger partial charge on any atom is 0.356 e. The number of carbonyl (C=O) groups is 2. The molecular formula is C23H37NO5. The molecule has 0 amide bonds. The maximum atomic E-state index is 12.3. The van der Waals surface area contributed by atoms with Gasteiger partial charge >= 0.3 is 11.9 Å². The van der Waals surface area contributed by atoms with Gasteiger partial charge in [0.05, 0.1) is 13.2 Å². The summed E-state index contributed by atoms with van der Waals surface area (Å²) in [6.45, 7) is 7.49. The molecule has 1 atom stereocenters. The van der Waals surface area contributed by atoms with Gasteiger partial charge in [-0.1, -0.05) is 58.9 Å². The number of hydrogen-bond acceptors (Lipinski definition) is 6. The third kappa shape index (κ3) is 11.0. The highest BCUT2D eigenvalue weighted by Gasteiger charge is 2.16. The van der Waals surface area contributed by atoms with Crippen molar-refractivity contribution in [2.45, 2.75) is 65.7 Å². The van der Waals surface area contributed by atoms with Crippen molar-refractivity contribution in [2.75, 3.05) is 26.9 Å². The molecule has 0 saturated carbocycles. The fourth-order valence-corrected chi connectivity index (χ4v) is 2.95. The van der Waals surface area contributed by atoms with Crippen LogP contribution in [0.5, 0.6) is 0 Å². The summed E-state index contributed by atoms with van der Waals surface area (Å²) in [5.74, 6) is -0.329. The minimum absolute atomic E-state index is 0.119. The van der Waals surface area contributed by atoms with Crippen molar-refractivity contribution in [1.29, 1.82) is 0 Å². The number of hydrogen-bond donors (Lipinski definition) is 0. The lowest BCUT2D eigenvalue weighted by molar-refractivity contribution is 0.0448. The molecule has 29 heavy (non-hydrogen) atoms. The summed E-state index contributed by atoms with van der Waals surface area (Å²) in [6.07, 6.45) is 7.80. The van der Waals surface area contributed by atoms with Crippen molar-refractivity contribution < 1.29 is 23.8 Å². The van der Waals surface area contributed by atoms with E-state index in [1.165, 1.54) is 31.7 Å². The summed E-state index contributed by atoms with van der Waals surface area (Å²) in [4.78, 5) is 28.4. The number of methoxy groups -OCH3 is 1. The van der Waals surface area contributed by atoms with Gasteiger partial charge in [0.15, 0.2) is 0 Å². The van der Waals surface area contributed by atoms with Crippen molar-refractivity contribution in [1.82, 2.24) is 4.98 Å². The van der Waals surface area contributed by atoms with E-state index in [0.717, 1.165) is 19.3 Å². The number of aromatic nitrogens is 1. The zero-order chi connectivity index (χ0) is 21.5. The van der Waals surface area contributed by atoms with Crippen LogP contribution in [-0.4, -0.2) is 43.9 Å². The van der Waals surface area contributed by atoms with E-state index in [-0.39, 0.29) is 17.3 Å². The average Bonchev–Trinajstić information content (AvgIpc) is 2.72. The van der Waals surface area contributed by atoms with Crippen molar-refractivity contribution in [3.8, 4) is 0 Å². The summed E-state index contributed by atoms with van der Waals surface area (Å²) < 4.78 is 15.8. The molecule has 1 aromatic heterocycles. The molecular weight excluding hydrogens is 370 g/mol. The molecule has 1 rings (SSSR count). The average molecular weight is 408 g/mol. The molecule has 0 aliphatic heterocycles. The zero-order valence-electron chi connectivity index (χ0n) is 18.4. The standard InChI is InChI=1S/C23H37NO5/c1-5-6-7-8-10-19(13-15-27-4)14-16-28-22(25)20-11-9-12-21(24-20)23(26)29-17-18(2)3/h9,11-12,18-19H,5-8,10,13-17H2,1-4H3. The molecule has 0 radical (unpaired) electrons. The Morgan fingerprint density at radius 3 is 2.21 bits per heavy atom. The molecule has 6 heteroatoms. The van der Waals surface area contributed by atoms with E-state index in [4.69, 9.17) is 14.2 Å². The summed E-state index contributed by atoms with van der Waals surface area (Å²) in [6, 6.07) is 4.70. The second kappa shape index (κ2) is 15.0. The largest absolute Gasteiger partial charge is 0.461 e. The molecule has 0 aliphatic rings. The van der Waals surface area contributed by atoms with E-state index in [9.17, 15) is 9.59 Å². The highest BCUT2D eigenvalue weighted by atomic mass is 16.5. The third-order valence-corrected chi connectivity index (χ3v) is 4.67. The van der Waals surface area contributed by atoms with E-state index in [0.29, 0.717) is 25.7 Å². The van der Waals surface area contributed by atoms with Crippen LogP contribution >= 0.6 is 0 Å². The number of nitrogens with zero attached hydrogens (tertiary/aromatic N) is 1. The van der Waals surface area contributed by atoms with Gasteiger partial charge in [-0.3, -0.25) is 0 Å². The minimum atomic E-state index is -0.528. The smallest absolute Gasteiger partial charge is 0.356 e. The van der Waals surface area contributed by atoms with Gasteiger partial charge in [0.2, 0.25) is 0 Å². The molecule has 0 saturated heterocycles. The molecule has 1 aromatic rings. The Hall–Kier alpha value is -1.95. The van der Waals surface area contributed by atoms with Gasteiger partial charge in [-0.2, -0.15) is 0 Å².